The van der Waals surface area contributed by atoms with E-state index < -0.39 is 5.82 Å². The Morgan fingerprint density at radius 3 is 2.59 bits per heavy atom. The number of ketones is 1. The zero-order valence-electron chi connectivity index (χ0n) is 12.2. The standard InChI is InChI=1S/C17H16FNO3/c1-2-22-16(20)8-5-12-9-10-19-11-15(12)17(21)13-3-6-14(18)7-4-13/h3-4,6-7,9-11H,2,5,8H2,1H3. The van der Waals surface area contributed by atoms with Gasteiger partial charge in [-0.3, -0.25) is 14.6 Å². The van der Waals surface area contributed by atoms with Crippen molar-refractivity contribution in [3.05, 3.63) is 65.2 Å². The monoisotopic (exact) mass is 301 g/mol. The van der Waals surface area contributed by atoms with Gasteiger partial charge in [-0.2, -0.15) is 0 Å². The number of nitrogens with zero attached hydrogens (tertiary/aromatic N) is 1. The minimum absolute atomic E-state index is 0.196. The van der Waals surface area contributed by atoms with Crippen LogP contribution < -0.4 is 0 Å². The largest absolute Gasteiger partial charge is 0.466 e. The summed E-state index contributed by atoms with van der Waals surface area (Å²) in [6.45, 7) is 2.07. The van der Waals surface area contributed by atoms with Crippen LogP contribution in [0.1, 0.15) is 34.8 Å². The number of benzene rings is 1. The first-order valence-electron chi connectivity index (χ1n) is 7.00. The molecule has 0 spiro atoms. The molecule has 1 aromatic heterocycles. The van der Waals surface area contributed by atoms with Crippen molar-refractivity contribution >= 4 is 11.8 Å². The molecular formula is C17H16FNO3. The van der Waals surface area contributed by atoms with Crippen LogP contribution in [0.3, 0.4) is 0 Å². The van der Waals surface area contributed by atoms with Crippen LogP contribution in [0.15, 0.2) is 42.7 Å². The van der Waals surface area contributed by atoms with Crippen LogP contribution in [0.4, 0.5) is 4.39 Å². The van der Waals surface area contributed by atoms with Crippen LogP contribution in [0.2, 0.25) is 0 Å². The van der Waals surface area contributed by atoms with Gasteiger partial charge in [-0.25, -0.2) is 4.39 Å². The summed E-state index contributed by atoms with van der Waals surface area (Å²) < 4.78 is 17.8. The third-order valence-corrected chi connectivity index (χ3v) is 3.17. The lowest BCUT2D eigenvalue weighted by atomic mass is 9.98. The zero-order chi connectivity index (χ0) is 15.9. The van der Waals surface area contributed by atoms with Crippen molar-refractivity contribution in [2.24, 2.45) is 0 Å². The van der Waals surface area contributed by atoms with Gasteiger partial charge in [-0.1, -0.05) is 0 Å². The molecule has 2 rings (SSSR count). The van der Waals surface area contributed by atoms with Crippen molar-refractivity contribution < 1.29 is 18.7 Å². The molecule has 0 radical (unpaired) electrons. The molecule has 4 nitrogen and oxygen atoms in total. The minimum Gasteiger partial charge on any atom is -0.466 e. The maximum atomic E-state index is 12.9. The van der Waals surface area contributed by atoms with Gasteiger partial charge in [-0.05, 0) is 49.2 Å². The number of carbonyl (C=O) groups excluding carboxylic acids is 2. The molecule has 0 aliphatic carbocycles. The molecular weight excluding hydrogens is 285 g/mol. The zero-order valence-corrected chi connectivity index (χ0v) is 12.2. The van der Waals surface area contributed by atoms with Gasteiger partial charge >= 0.3 is 5.97 Å². The van der Waals surface area contributed by atoms with E-state index in [0.717, 1.165) is 5.56 Å². The average molecular weight is 301 g/mol. The van der Waals surface area contributed by atoms with E-state index in [1.807, 2.05) is 0 Å². The number of aromatic nitrogens is 1. The quantitative estimate of drug-likeness (QED) is 0.608. The lowest BCUT2D eigenvalue weighted by molar-refractivity contribution is -0.143. The fraction of sp³-hybridized carbons (Fsp3) is 0.235. The van der Waals surface area contributed by atoms with Crippen LogP contribution in [0.5, 0.6) is 0 Å². The Labute approximate surface area is 127 Å². The Morgan fingerprint density at radius 1 is 1.18 bits per heavy atom. The number of hydrogen-bond donors (Lipinski definition) is 0. The maximum absolute atomic E-state index is 12.9. The Balaban J connectivity index is 2.18. The van der Waals surface area contributed by atoms with E-state index in [1.165, 1.54) is 30.5 Å². The van der Waals surface area contributed by atoms with Crippen LogP contribution in [0, 0.1) is 5.82 Å². The molecule has 0 atom stereocenters. The number of hydrogen-bond acceptors (Lipinski definition) is 4. The van der Waals surface area contributed by atoms with Gasteiger partial charge in [0, 0.05) is 29.9 Å². The number of halogens is 1. The van der Waals surface area contributed by atoms with E-state index in [4.69, 9.17) is 4.74 Å². The molecule has 0 amide bonds. The van der Waals surface area contributed by atoms with Gasteiger partial charge < -0.3 is 4.74 Å². The van der Waals surface area contributed by atoms with Gasteiger partial charge in [-0.15, -0.1) is 0 Å². The fourth-order valence-electron chi connectivity index (χ4n) is 2.07. The first-order chi connectivity index (χ1) is 10.6. The third kappa shape index (κ3) is 3.97. The molecule has 0 fully saturated rings. The summed E-state index contributed by atoms with van der Waals surface area (Å²) in [5.41, 5.74) is 1.52. The summed E-state index contributed by atoms with van der Waals surface area (Å²) in [6.07, 6.45) is 3.62. The summed E-state index contributed by atoms with van der Waals surface area (Å²) in [6, 6.07) is 7.04. The lowest BCUT2D eigenvalue weighted by Crippen LogP contribution is -2.10. The molecule has 0 unspecified atom stereocenters. The molecule has 5 heteroatoms. The van der Waals surface area contributed by atoms with Gasteiger partial charge in [0.2, 0.25) is 0 Å². The molecule has 0 saturated heterocycles. The van der Waals surface area contributed by atoms with E-state index in [1.54, 1.807) is 19.2 Å². The summed E-state index contributed by atoms with van der Waals surface area (Å²) in [5.74, 6) is -0.947. The van der Waals surface area contributed by atoms with Crippen LogP contribution >= 0.6 is 0 Å². The molecule has 2 aromatic rings. The van der Waals surface area contributed by atoms with E-state index >= 15 is 0 Å². The normalized spacial score (nSPS) is 10.3. The number of ether oxygens (including phenoxy) is 1. The van der Waals surface area contributed by atoms with Crippen LogP contribution in [0.25, 0.3) is 0 Å². The molecule has 0 aliphatic rings. The minimum atomic E-state index is -0.398. The molecule has 0 aliphatic heterocycles. The second-order valence-electron chi connectivity index (χ2n) is 4.67. The second kappa shape index (κ2) is 7.45. The summed E-state index contributed by atoms with van der Waals surface area (Å²) in [4.78, 5) is 27.9. The predicted octanol–water partition coefficient (Wildman–Crippen LogP) is 2.95. The molecule has 0 bridgehead atoms. The van der Waals surface area contributed by atoms with E-state index in [-0.39, 0.29) is 18.2 Å². The molecule has 22 heavy (non-hydrogen) atoms. The Kier molecular flexibility index (Phi) is 5.36. The number of carbonyl (C=O) groups is 2. The third-order valence-electron chi connectivity index (χ3n) is 3.17. The van der Waals surface area contributed by atoms with Crippen LogP contribution in [-0.2, 0) is 16.0 Å². The average Bonchev–Trinajstić information content (AvgIpc) is 2.53. The maximum Gasteiger partial charge on any atom is 0.306 e. The first-order valence-corrected chi connectivity index (χ1v) is 7.00. The highest BCUT2D eigenvalue weighted by Crippen LogP contribution is 2.16. The summed E-state index contributed by atoms with van der Waals surface area (Å²) in [7, 11) is 0. The smallest absolute Gasteiger partial charge is 0.306 e. The van der Waals surface area contributed by atoms with E-state index in [9.17, 15) is 14.0 Å². The topological polar surface area (TPSA) is 56.3 Å². The van der Waals surface area contributed by atoms with E-state index in [0.29, 0.717) is 24.2 Å². The van der Waals surface area contributed by atoms with Crippen molar-refractivity contribution in [1.82, 2.24) is 4.98 Å². The number of pyridine rings is 1. The Bertz CT molecular complexity index is 668. The van der Waals surface area contributed by atoms with Crippen molar-refractivity contribution in [2.45, 2.75) is 19.8 Å². The number of aryl methyl sites for hydroxylation is 1. The fourth-order valence-corrected chi connectivity index (χ4v) is 2.07. The lowest BCUT2D eigenvalue weighted by Gasteiger charge is -2.08. The highest BCUT2D eigenvalue weighted by atomic mass is 19.1. The van der Waals surface area contributed by atoms with Gasteiger partial charge in [0.15, 0.2) is 5.78 Å². The highest BCUT2D eigenvalue weighted by Gasteiger charge is 2.15. The van der Waals surface area contributed by atoms with Gasteiger partial charge in [0.25, 0.3) is 0 Å². The molecule has 0 saturated carbocycles. The Hall–Kier alpha value is -2.56. The Morgan fingerprint density at radius 2 is 1.91 bits per heavy atom. The van der Waals surface area contributed by atoms with Crippen molar-refractivity contribution in [3.8, 4) is 0 Å². The molecule has 1 heterocycles. The molecule has 1 aromatic carbocycles. The SMILES string of the molecule is CCOC(=O)CCc1ccncc1C(=O)c1ccc(F)cc1. The first kappa shape index (κ1) is 15.8. The summed E-state index contributed by atoms with van der Waals surface area (Å²) >= 11 is 0. The number of rotatable bonds is 6. The highest BCUT2D eigenvalue weighted by molar-refractivity contribution is 6.09. The van der Waals surface area contributed by atoms with Crippen molar-refractivity contribution in [1.29, 1.82) is 0 Å². The van der Waals surface area contributed by atoms with Gasteiger partial charge in [0.05, 0.1) is 6.61 Å². The van der Waals surface area contributed by atoms with Crippen LogP contribution in [-0.4, -0.2) is 23.3 Å². The second-order valence-corrected chi connectivity index (χ2v) is 4.67. The summed E-state index contributed by atoms with van der Waals surface area (Å²) in [5, 5.41) is 0. The molecule has 0 N–H and O–H groups in total. The number of esters is 1. The van der Waals surface area contributed by atoms with Crippen molar-refractivity contribution in [2.75, 3.05) is 6.61 Å². The van der Waals surface area contributed by atoms with Gasteiger partial charge in [0.1, 0.15) is 5.82 Å². The molecule has 114 valence electrons. The predicted molar refractivity (Wildman–Crippen MR) is 79.0 cm³/mol. The van der Waals surface area contributed by atoms with Crippen molar-refractivity contribution in [3.63, 3.8) is 0 Å². The van der Waals surface area contributed by atoms with E-state index in [2.05, 4.69) is 4.98 Å².